The summed E-state index contributed by atoms with van der Waals surface area (Å²) in [7, 11) is 0. The Morgan fingerprint density at radius 2 is 1.89 bits per heavy atom. The van der Waals surface area contributed by atoms with Gasteiger partial charge >= 0.3 is 5.97 Å². The Balaban J connectivity index is 2.51. The van der Waals surface area contributed by atoms with Crippen molar-refractivity contribution in [1.82, 2.24) is 5.32 Å². The summed E-state index contributed by atoms with van der Waals surface area (Å²) in [6, 6.07) is 4.94. The molecule has 0 aliphatic heterocycles. The van der Waals surface area contributed by atoms with Crippen molar-refractivity contribution in [3.63, 3.8) is 0 Å². The SMILES string of the molecule is CCOC(=O)CNC(=O)/C=C/c1cc(Cl)cc(Cl)c1. The van der Waals surface area contributed by atoms with Crippen molar-refractivity contribution in [2.75, 3.05) is 13.2 Å². The Hall–Kier alpha value is -1.52. The molecule has 0 fully saturated rings. The lowest BCUT2D eigenvalue weighted by Gasteiger charge is -2.02. The van der Waals surface area contributed by atoms with Crippen LogP contribution in [0.1, 0.15) is 12.5 Å². The third-order valence-electron chi connectivity index (χ3n) is 2.02. The summed E-state index contributed by atoms with van der Waals surface area (Å²) in [5.74, 6) is -0.876. The van der Waals surface area contributed by atoms with Gasteiger partial charge in [-0.3, -0.25) is 9.59 Å². The number of carbonyl (C=O) groups is 2. The lowest BCUT2D eigenvalue weighted by Crippen LogP contribution is -2.29. The number of halogens is 2. The fraction of sp³-hybridized carbons (Fsp3) is 0.231. The highest BCUT2D eigenvalue weighted by molar-refractivity contribution is 6.34. The van der Waals surface area contributed by atoms with Crippen LogP contribution in [0.15, 0.2) is 24.3 Å². The van der Waals surface area contributed by atoms with Crippen molar-refractivity contribution >= 4 is 41.2 Å². The highest BCUT2D eigenvalue weighted by Gasteiger charge is 2.03. The molecule has 0 aliphatic rings. The maximum Gasteiger partial charge on any atom is 0.325 e. The van der Waals surface area contributed by atoms with Gasteiger partial charge in [0.25, 0.3) is 0 Å². The first-order chi connectivity index (χ1) is 9.01. The molecule has 4 nitrogen and oxygen atoms in total. The zero-order valence-electron chi connectivity index (χ0n) is 10.3. The van der Waals surface area contributed by atoms with Crippen LogP contribution in [-0.2, 0) is 14.3 Å². The lowest BCUT2D eigenvalue weighted by atomic mass is 10.2. The summed E-state index contributed by atoms with van der Waals surface area (Å²) in [5, 5.41) is 3.37. The average Bonchev–Trinajstić information content (AvgIpc) is 2.33. The van der Waals surface area contributed by atoms with E-state index in [2.05, 4.69) is 10.1 Å². The first-order valence-corrected chi connectivity index (χ1v) is 6.34. The molecule has 102 valence electrons. The van der Waals surface area contributed by atoms with Gasteiger partial charge in [0.2, 0.25) is 5.91 Å². The monoisotopic (exact) mass is 301 g/mol. The molecule has 0 saturated carbocycles. The maximum atomic E-state index is 11.4. The Morgan fingerprint density at radius 1 is 1.26 bits per heavy atom. The first-order valence-electron chi connectivity index (χ1n) is 5.59. The summed E-state index contributed by atoms with van der Waals surface area (Å²) in [4.78, 5) is 22.4. The Kier molecular flexibility index (Phi) is 6.39. The molecule has 1 aromatic rings. The molecule has 0 heterocycles. The standard InChI is InChI=1S/C13H13Cl2NO3/c1-2-19-13(18)8-16-12(17)4-3-9-5-10(14)7-11(15)6-9/h3-7H,2,8H2,1H3,(H,16,17)/b4-3+. The van der Waals surface area contributed by atoms with Crippen molar-refractivity contribution in [2.24, 2.45) is 0 Å². The van der Waals surface area contributed by atoms with Crippen molar-refractivity contribution in [2.45, 2.75) is 6.92 Å². The molecule has 1 rings (SSSR count). The van der Waals surface area contributed by atoms with Crippen LogP contribution in [0.3, 0.4) is 0 Å². The van der Waals surface area contributed by atoms with Crippen LogP contribution in [0.2, 0.25) is 10.0 Å². The minimum atomic E-state index is -0.477. The van der Waals surface area contributed by atoms with Crippen LogP contribution >= 0.6 is 23.2 Å². The summed E-state index contributed by atoms with van der Waals surface area (Å²) >= 11 is 11.6. The van der Waals surface area contributed by atoms with Gasteiger partial charge in [0.15, 0.2) is 0 Å². The van der Waals surface area contributed by atoms with E-state index in [0.29, 0.717) is 15.6 Å². The predicted octanol–water partition coefficient (Wildman–Crippen LogP) is 2.69. The molecule has 1 amide bonds. The van der Waals surface area contributed by atoms with Gasteiger partial charge in [-0.15, -0.1) is 0 Å². The Labute approximate surface area is 121 Å². The molecule has 0 aromatic heterocycles. The number of ether oxygens (including phenoxy) is 1. The van der Waals surface area contributed by atoms with Crippen LogP contribution in [0.4, 0.5) is 0 Å². The van der Waals surface area contributed by atoms with E-state index in [-0.39, 0.29) is 13.2 Å². The molecular weight excluding hydrogens is 289 g/mol. The summed E-state index contributed by atoms with van der Waals surface area (Å²) in [5.41, 5.74) is 0.698. The molecule has 1 N–H and O–H groups in total. The van der Waals surface area contributed by atoms with E-state index < -0.39 is 11.9 Å². The number of hydrogen-bond donors (Lipinski definition) is 1. The number of esters is 1. The first kappa shape index (κ1) is 15.5. The number of benzene rings is 1. The molecule has 1 aromatic carbocycles. The number of carbonyl (C=O) groups excluding carboxylic acids is 2. The number of nitrogens with one attached hydrogen (secondary N) is 1. The predicted molar refractivity (Wildman–Crippen MR) is 75.1 cm³/mol. The van der Waals surface area contributed by atoms with E-state index >= 15 is 0 Å². The van der Waals surface area contributed by atoms with E-state index in [1.54, 1.807) is 31.2 Å². The second kappa shape index (κ2) is 7.81. The minimum absolute atomic E-state index is 0.159. The highest BCUT2D eigenvalue weighted by Crippen LogP contribution is 2.19. The number of rotatable bonds is 5. The minimum Gasteiger partial charge on any atom is -0.465 e. The van der Waals surface area contributed by atoms with Gasteiger partial charge in [-0.25, -0.2) is 0 Å². The molecule has 0 unspecified atom stereocenters. The summed E-state index contributed by atoms with van der Waals surface area (Å²) in [6.07, 6.45) is 2.85. The Morgan fingerprint density at radius 3 is 2.47 bits per heavy atom. The molecule has 0 aliphatic carbocycles. The van der Waals surface area contributed by atoms with Crippen LogP contribution < -0.4 is 5.32 Å². The normalized spacial score (nSPS) is 10.5. The maximum absolute atomic E-state index is 11.4. The van der Waals surface area contributed by atoms with Gasteiger partial charge < -0.3 is 10.1 Å². The lowest BCUT2D eigenvalue weighted by molar-refractivity contribution is -0.143. The van der Waals surface area contributed by atoms with Gasteiger partial charge in [-0.1, -0.05) is 23.2 Å². The third kappa shape index (κ3) is 6.27. The van der Waals surface area contributed by atoms with Gasteiger partial charge in [0, 0.05) is 16.1 Å². The molecule has 0 spiro atoms. The Bertz CT molecular complexity index is 480. The topological polar surface area (TPSA) is 55.4 Å². The van der Waals surface area contributed by atoms with Crippen molar-refractivity contribution in [3.8, 4) is 0 Å². The number of amides is 1. The second-order valence-corrected chi connectivity index (χ2v) is 4.43. The average molecular weight is 302 g/mol. The summed E-state index contributed by atoms with van der Waals surface area (Å²) < 4.78 is 4.67. The van der Waals surface area contributed by atoms with Crippen molar-refractivity contribution in [1.29, 1.82) is 0 Å². The van der Waals surface area contributed by atoms with Gasteiger partial charge in [-0.2, -0.15) is 0 Å². The van der Waals surface area contributed by atoms with E-state index in [4.69, 9.17) is 23.2 Å². The molecular formula is C13H13Cl2NO3. The summed E-state index contributed by atoms with van der Waals surface area (Å²) in [6.45, 7) is 1.82. The zero-order valence-corrected chi connectivity index (χ0v) is 11.8. The van der Waals surface area contributed by atoms with Gasteiger partial charge in [-0.05, 0) is 36.8 Å². The molecule has 0 saturated heterocycles. The highest BCUT2D eigenvalue weighted by atomic mass is 35.5. The van der Waals surface area contributed by atoms with Crippen LogP contribution in [0.25, 0.3) is 6.08 Å². The molecule has 6 heteroatoms. The van der Waals surface area contributed by atoms with Crippen LogP contribution in [0, 0.1) is 0 Å². The second-order valence-electron chi connectivity index (χ2n) is 3.56. The van der Waals surface area contributed by atoms with Gasteiger partial charge in [0.05, 0.1) is 6.61 Å². The fourth-order valence-corrected chi connectivity index (χ4v) is 1.82. The molecule has 0 bridgehead atoms. The van der Waals surface area contributed by atoms with E-state index in [9.17, 15) is 9.59 Å². The molecule has 0 radical (unpaired) electrons. The molecule has 19 heavy (non-hydrogen) atoms. The van der Waals surface area contributed by atoms with Crippen molar-refractivity contribution < 1.29 is 14.3 Å². The van der Waals surface area contributed by atoms with Crippen LogP contribution in [0.5, 0.6) is 0 Å². The quantitative estimate of drug-likeness (QED) is 0.672. The van der Waals surface area contributed by atoms with Gasteiger partial charge in [0.1, 0.15) is 6.54 Å². The third-order valence-corrected chi connectivity index (χ3v) is 2.46. The fourth-order valence-electron chi connectivity index (χ4n) is 1.27. The largest absolute Gasteiger partial charge is 0.465 e. The molecule has 0 atom stereocenters. The van der Waals surface area contributed by atoms with Crippen molar-refractivity contribution in [3.05, 3.63) is 39.9 Å². The zero-order chi connectivity index (χ0) is 14.3. The number of hydrogen-bond acceptors (Lipinski definition) is 3. The van der Waals surface area contributed by atoms with Crippen LogP contribution in [-0.4, -0.2) is 25.0 Å². The smallest absolute Gasteiger partial charge is 0.325 e. The van der Waals surface area contributed by atoms with E-state index in [1.807, 2.05) is 0 Å². The van der Waals surface area contributed by atoms with E-state index in [1.165, 1.54) is 6.08 Å². The van der Waals surface area contributed by atoms with E-state index in [0.717, 1.165) is 0 Å².